The second-order valence-corrected chi connectivity index (χ2v) is 5.21. The Bertz CT molecular complexity index is 593. The van der Waals surface area contributed by atoms with Crippen molar-refractivity contribution in [3.8, 4) is 5.75 Å². The van der Waals surface area contributed by atoms with E-state index in [9.17, 15) is 0 Å². The third-order valence-electron chi connectivity index (χ3n) is 3.31. The Morgan fingerprint density at radius 2 is 2.00 bits per heavy atom. The van der Waals surface area contributed by atoms with Gasteiger partial charge in [-0.15, -0.1) is 0 Å². The van der Waals surface area contributed by atoms with E-state index in [1.165, 1.54) is 24.0 Å². The minimum Gasteiger partial charge on any atom is -0.486 e. The third kappa shape index (κ3) is 2.87. The molecule has 1 aliphatic rings. The summed E-state index contributed by atoms with van der Waals surface area (Å²) in [4.78, 5) is 8.45. The van der Waals surface area contributed by atoms with Gasteiger partial charge < -0.3 is 4.74 Å². The fourth-order valence-electron chi connectivity index (χ4n) is 2.44. The summed E-state index contributed by atoms with van der Waals surface area (Å²) in [7, 11) is 0. The summed E-state index contributed by atoms with van der Waals surface area (Å²) < 4.78 is 5.74. The summed E-state index contributed by atoms with van der Waals surface area (Å²) >= 11 is 5.90. The van der Waals surface area contributed by atoms with Crippen LogP contribution >= 0.6 is 11.6 Å². The molecule has 1 aromatic heterocycles. The number of aromatic nitrogens is 2. The van der Waals surface area contributed by atoms with Crippen LogP contribution in [0.25, 0.3) is 0 Å². The summed E-state index contributed by atoms with van der Waals surface area (Å²) in [5.41, 5.74) is 3.70. The molecule has 1 heterocycles. The molecule has 0 radical (unpaired) electrons. The number of ether oxygens (including phenoxy) is 1. The molecule has 0 spiro atoms. The van der Waals surface area contributed by atoms with Crippen molar-refractivity contribution in [2.24, 2.45) is 0 Å². The van der Waals surface area contributed by atoms with Crippen molar-refractivity contribution in [1.82, 2.24) is 9.97 Å². The molecule has 1 aliphatic carbocycles. The fraction of sp³-hybridized carbons (Fsp3) is 0.333. The maximum atomic E-state index is 5.90. The normalized spacial score (nSPS) is 13.4. The molecule has 3 nitrogen and oxygen atoms in total. The maximum Gasteiger partial charge on any atom is 0.167 e. The average Bonchev–Trinajstić information content (AvgIpc) is 2.82. The first-order valence-corrected chi connectivity index (χ1v) is 6.83. The molecular weight excluding hydrogens is 260 g/mol. The van der Waals surface area contributed by atoms with Crippen molar-refractivity contribution >= 4 is 11.6 Å². The number of hydrogen-bond acceptors (Lipinski definition) is 3. The molecule has 0 amide bonds. The van der Waals surface area contributed by atoms with E-state index in [-0.39, 0.29) is 0 Å². The van der Waals surface area contributed by atoms with Crippen molar-refractivity contribution in [2.75, 3.05) is 0 Å². The number of benzene rings is 1. The van der Waals surface area contributed by atoms with E-state index in [0.29, 0.717) is 17.6 Å². The van der Waals surface area contributed by atoms with Gasteiger partial charge in [0.2, 0.25) is 0 Å². The van der Waals surface area contributed by atoms with Crippen LogP contribution in [0.4, 0.5) is 0 Å². The zero-order valence-corrected chi connectivity index (χ0v) is 11.6. The molecule has 1 aromatic carbocycles. The van der Waals surface area contributed by atoms with E-state index >= 15 is 0 Å². The van der Waals surface area contributed by atoms with Gasteiger partial charge in [0.15, 0.2) is 5.82 Å². The summed E-state index contributed by atoms with van der Waals surface area (Å²) in [6.07, 6.45) is 3.58. The highest BCUT2D eigenvalue weighted by atomic mass is 35.5. The number of hydrogen-bond donors (Lipinski definition) is 0. The molecule has 98 valence electrons. The Balaban J connectivity index is 1.72. The van der Waals surface area contributed by atoms with Gasteiger partial charge in [-0.1, -0.05) is 17.7 Å². The first kappa shape index (κ1) is 12.4. The minimum absolute atomic E-state index is 0.347. The van der Waals surface area contributed by atoms with Crippen LogP contribution in [0.2, 0.25) is 5.15 Å². The molecule has 2 aromatic rings. The van der Waals surface area contributed by atoms with Crippen molar-refractivity contribution < 1.29 is 4.74 Å². The number of halogens is 1. The molecule has 0 atom stereocenters. The molecule has 0 aliphatic heterocycles. The third-order valence-corrected chi connectivity index (χ3v) is 3.50. The van der Waals surface area contributed by atoms with Crippen LogP contribution in [0.3, 0.4) is 0 Å². The lowest BCUT2D eigenvalue weighted by atomic mass is 10.1. The predicted octanol–water partition coefficient (Wildman–Crippen LogP) is 3.51. The second-order valence-electron chi connectivity index (χ2n) is 4.82. The molecule has 19 heavy (non-hydrogen) atoms. The molecule has 0 N–H and O–H groups in total. The summed E-state index contributed by atoms with van der Waals surface area (Å²) in [6, 6.07) is 8.03. The highest BCUT2D eigenvalue weighted by Crippen LogP contribution is 2.26. The van der Waals surface area contributed by atoms with Crippen LogP contribution in [0.15, 0.2) is 24.3 Å². The standard InChI is InChI=1S/C15H15ClN2O/c1-10-7-14(16)18-15(17-10)9-19-13-6-5-11-3-2-4-12(11)8-13/h5-8H,2-4,9H2,1H3. The lowest BCUT2D eigenvalue weighted by Gasteiger charge is -2.08. The van der Waals surface area contributed by atoms with Crippen molar-refractivity contribution in [3.05, 3.63) is 52.1 Å². The summed E-state index contributed by atoms with van der Waals surface area (Å²) in [5.74, 6) is 1.49. The average molecular weight is 275 g/mol. The molecule has 0 bridgehead atoms. The van der Waals surface area contributed by atoms with Gasteiger partial charge in [0.1, 0.15) is 17.5 Å². The fourth-order valence-corrected chi connectivity index (χ4v) is 2.69. The predicted molar refractivity (Wildman–Crippen MR) is 74.6 cm³/mol. The highest BCUT2D eigenvalue weighted by Gasteiger charge is 2.11. The molecule has 3 rings (SSSR count). The smallest absolute Gasteiger partial charge is 0.167 e. The Morgan fingerprint density at radius 1 is 1.16 bits per heavy atom. The zero-order valence-electron chi connectivity index (χ0n) is 10.8. The summed E-state index contributed by atoms with van der Waals surface area (Å²) in [5, 5.41) is 0.458. The van der Waals surface area contributed by atoms with Gasteiger partial charge in [0.05, 0.1) is 0 Å². The van der Waals surface area contributed by atoms with E-state index in [0.717, 1.165) is 17.9 Å². The van der Waals surface area contributed by atoms with Crippen LogP contribution in [-0.2, 0) is 19.4 Å². The Hall–Kier alpha value is -1.61. The van der Waals surface area contributed by atoms with Gasteiger partial charge in [-0.05, 0) is 55.5 Å². The van der Waals surface area contributed by atoms with Crippen molar-refractivity contribution in [3.63, 3.8) is 0 Å². The van der Waals surface area contributed by atoms with Crippen LogP contribution in [-0.4, -0.2) is 9.97 Å². The quantitative estimate of drug-likeness (QED) is 0.804. The monoisotopic (exact) mass is 274 g/mol. The van der Waals surface area contributed by atoms with E-state index in [1.54, 1.807) is 6.07 Å². The minimum atomic E-state index is 0.347. The zero-order chi connectivity index (χ0) is 13.2. The Morgan fingerprint density at radius 3 is 2.84 bits per heavy atom. The van der Waals surface area contributed by atoms with Gasteiger partial charge in [0.25, 0.3) is 0 Å². The van der Waals surface area contributed by atoms with Gasteiger partial charge in [-0.2, -0.15) is 0 Å². The lowest BCUT2D eigenvalue weighted by Crippen LogP contribution is -2.03. The molecule has 0 saturated heterocycles. The largest absolute Gasteiger partial charge is 0.486 e. The molecule has 4 heteroatoms. The first-order valence-electron chi connectivity index (χ1n) is 6.45. The molecule has 0 unspecified atom stereocenters. The second kappa shape index (κ2) is 5.17. The van der Waals surface area contributed by atoms with Gasteiger partial charge in [-0.25, -0.2) is 9.97 Å². The topological polar surface area (TPSA) is 35.0 Å². The van der Waals surface area contributed by atoms with E-state index in [4.69, 9.17) is 16.3 Å². The van der Waals surface area contributed by atoms with Gasteiger partial charge >= 0.3 is 0 Å². The van der Waals surface area contributed by atoms with E-state index in [1.807, 2.05) is 13.0 Å². The lowest BCUT2D eigenvalue weighted by molar-refractivity contribution is 0.295. The maximum absolute atomic E-state index is 5.90. The molecular formula is C15H15ClN2O. The molecule has 0 fully saturated rings. The van der Waals surface area contributed by atoms with Gasteiger partial charge in [-0.3, -0.25) is 0 Å². The van der Waals surface area contributed by atoms with Crippen LogP contribution in [0.1, 0.15) is 29.1 Å². The van der Waals surface area contributed by atoms with Crippen LogP contribution in [0, 0.1) is 6.92 Å². The highest BCUT2D eigenvalue weighted by molar-refractivity contribution is 6.29. The van der Waals surface area contributed by atoms with Crippen molar-refractivity contribution in [2.45, 2.75) is 32.8 Å². The van der Waals surface area contributed by atoms with E-state index in [2.05, 4.69) is 22.1 Å². The SMILES string of the molecule is Cc1cc(Cl)nc(COc2ccc3c(c2)CCC3)n1. The number of fused-ring (bicyclic) bond motifs is 1. The Kier molecular flexibility index (Phi) is 3.38. The van der Waals surface area contributed by atoms with Gasteiger partial charge in [0, 0.05) is 5.69 Å². The first-order chi connectivity index (χ1) is 9.20. The number of nitrogens with zero attached hydrogens (tertiary/aromatic N) is 2. The van der Waals surface area contributed by atoms with E-state index < -0.39 is 0 Å². The van der Waals surface area contributed by atoms with Crippen molar-refractivity contribution in [1.29, 1.82) is 0 Å². The number of aryl methyl sites for hydroxylation is 3. The Labute approximate surface area is 117 Å². The molecule has 0 saturated carbocycles. The number of rotatable bonds is 3. The van der Waals surface area contributed by atoms with Crippen LogP contribution < -0.4 is 4.74 Å². The van der Waals surface area contributed by atoms with Crippen LogP contribution in [0.5, 0.6) is 5.75 Å². The summed E-state index contributed by atoms with van der Waals surface area (Å²) in [6.45, 7) is 2.24.